The minimum Gasteiger partial charge on any atom is -0.456 e. The van der Waals surface area contributed by atoms with Gasteiger partial charge in [-0.3, -0.25) is 0 Å². The number of carbonyl (C=O) groups is 1. The van der Waals surface area contributed by atoms with E-state index in [4.69, 9.17) is 10.5 Å². The van der Waals surface area contributed by atoms with Crippen LogP contribution in [-0.2, 0) is 4.74 Å². The van der Waals surface area contributed by atoms with Crippen LogP contribution >= 0.6 is 11.5 Å². The number of halogens is 2. The molecule has 2 rings (SSSR count). The summed E-state index contributed by atoms with van der Waals surface area (Å²) in [7, 11) is 0. The van der Waals surface area contributed by atoms with Gasteiger partial charge >= 0.3 is 5.97 Å². The third-order valence-corrected chi connectivity index (χ3v) is 3.29. The van der Waals surface area contributed by atoms with Gasteiger partial charge in [0.1, 0.15) is 22.9 Å². The number of carbonyl (C=O) groups excluding carboxylic acids is 1. The zero-order valence-corrected chi connectivity index (χ0v) is 12.6. The molecule has 0 fully saturated rings. The number of anilines is 1. The van der Waals surface area contributed by atoms with Crippen molar-refractivity contribution in [2.75, 3.05) is 5.73 Å². The molecule has 0 unspecified atom stereocenters. The first-order valence-electron chi connectivity index (χ1n) is 6.12. The van der Waals surface area contributed by atoms with Gasteiger partial charge < -0.3 is 10.5 Å². The van der Waals surface area contributed by atoms with Crippen LogP contribution < -0.4 is 5.73 Å². The molecule has 0 bridgehead atoms. The Kier molecular flexibility index (Phi) is 3.95. The largest absolute Gasteiger partial charge is 0.456 e. The maximum atomic E-state index is 13.2. The summed E-state index contributed by atoms with van der Waals surface area (Å²) in [5.41, 5.74) is 5.59. The number of hydrogen-bond donors (Lipinski definition) is 1. The van der Waals surface area contributed by atoms with Gasteiger partial charge in [0.05, 0.1) is 5.69 Å². The third-order valence-electron chi connectivity index (χ3n) is 2.45. The van der Waals surface area contributed by atoms with Crippen molar-refractivity contribution in [1.82, 2.24) is 4.37 Å². The Labute approximate surface area is 124 Å². The van der Waals surface area contributed by atoms with Crippen molar-refractivity contribution in [3.05, 3.63) is 34.7 Å². The molecule has 112 valence electrons. The second kappa shape index (κ2) is 5.40. The number of hydrogen-bond acceptors (Lipinski definition) is 5. The maximum Gasteiger partial charge on any atom is 0.352 e. The Bertz CT molecular complexity index is 673. The fourth-order valence-electron chi connectivity index (χ4n) is 1.67. The highest BCUT2D eigenvalue weighted by molar-refractivity contribution is 7.09. The highest BCUT2D eigenvalue weighted by atomic mass is 32.1. The molecule has 2 N–H and O–H groups in total. The minimum absolute atomic E-state index is 0.0549. The monoisotopic (exact) mass is 312 g/mol. The topological polar surface area (TPSA) is 65.2 Å². The van der Waals surface area contributed by atoms with Crippen molar-refractivity contribution in [1.29, 1.82) is 0 Å². The van der Waals surface area contributed by atoms with Crippen LogP contribution in [0.2, 0.25) is 0 Å². The molecule has 0 saturated heterocycles. The lowest BCUT2D eigenvalue weighted by atomic mass is 10.1. The Balaban J connectivity index is 2.39. The number of nitrogens with zero attached hydrogens (tertiary/aromatic N) is 1. The molecule has 1 heterocycles. The molecule has 4 nitrogen and oxygen atoms in total. The van der Waals surface area contributed by atoms with E-state index >= 15 is 0 Å². The minimum atomic E-state index is -0.740. The van der Waals surface area contributed by atoms with E-state index in [1.54, 1.807) is 20.8 Å². The van der Waals surface area contributed by atoms with E-state index in [-0.39, 0.29) is 21.8 Å². The van der Waals surface area contributed by atoms with Crippen molar-refractivity contribution in [2.24, 2.45) is 0 Å². The fourth-order valence-corrected chi connectivity index (χ4v) is 2.37. The van der Waals surface area contributed by atoms with Gasteiger partial charge in [-0.1, -0.05) is 0 Å². The van der Waals surface area contributed by atoms with E-state index in [9.17, 15) is 13.6 Å². The molecule has 0 atom stereocenters. The number of aromatic nitrogens is 1. The van der Waals surface area contributed by atoms with Crippen LogP contribution in [-0.4, -0.2) is 15.9 Å². The summed E-state index contributed by atoms with van der Waals surface area (Å²) in [5, 5.41) is 0. The van der Waals surface area contributed by atoms with Crippen LogP contribution in [0.1, 0.15) is 30.4 Å². The predicted octanol–water partition coefficient (Wildman–Crippen LogP) is 3.63. The number of ether oxygens (including phenoxy) is 1. The maximum absolute atomic E-state index is 13.2. The molecule has 0 aliphatic rings. The van der Waals surface area contributed by atoms with Crippen LogP contribution in [0.4, 0.5) is 14.5 Å². The number of benzene rings is 1. The molecule has 0 radical (unpaired) electrons. The molecule has 1 aromatic carbocycles. The second-order valence-corrected chi connectivity index (χ2v) is 6.21. The van der Waals surface area contributed by atoms with Gasteiger partial charge in [-0.2, -0.15) is 4.37 Å². The zero-order chi connectivity index (χ0) is 15.8. The fraction of sp³-hybridized carbons (Fsp3) is 0.286. The molecular formula is C14H14F2N2O2S. The van der Waals surface area contributed by atoms with E-state index in [2.05, 4.69) is 4.37 Å². The summed E-state index contributed by atoms with van der Waals surface area (Å²) < 4.78 is 35.7. The second-order valence-electron chi connectivity index (χ2n) is 5.43. The first-order chi connectivity index (χ1) is 9.67. The average Bonchev–Trinajstić information content (AvgIpc) is 2.67. The van der Waals surface area contributed by atoms with Crippen LogP contribution in [0.3, 0.4) is 0 Å². The summed E-state index contributed by atoms with van der Waals surface area (Å²) in [5.74, 6) is -2.09. The molecular weight excluding hydrogens is 298 g/mol. The SMILES string of the molecule is CC(C)(C)OC(=O)c1snc(-c2cc(F)cc(F)c2)c1N. The van der Waals surface area contributed by atoms with Gasteiger partial charge in [0, 0.05) is 11.6 Å². The summed E-state index contributed by atoms with van der Waals surface area (Å²) in [6.07, 6.45) is 0. The molecule has 21 heavy (non-hydrogen) atoms. The molecule has 1 aromatic heterocycles. The summed E-state index contributed by atoms with van der Waals surface area (Å²) in [6, 6.07) is 2.96. The lowest BCUT2D eigenvalue weighted by molar-refractivity contribution is 0.00764. The Morgan fingerprint density at radius 3 is 2.33 bits per heavy atom. The highest BCUT2D eigenvalue weighted by Crippen LogP contribution is 2.32. The van der Waals surface area contributed by atoms with Crippen molar-refractivity contribution < 1.29 is 18.3 Å². The zero-order valence-electron chi connectivity index (χ0n) is 11.7. The first-order valence-corrected chi connectivity index (χ1v) is 6.89. The highest BCUT2D eigenvalue weighted by Gasteiger charge is 2.24. The average molecular weight is 312 g/mol. The van der Waals surface area contributed by atoms with Gasteiger partial charge in [0.2, 0.25) is 0 Å². The smallest absolute Gasteiger partial charge is 0.352 e. The molecule has 0 aliphatic heterocycles. The molecule has 0 aliphatic carbocycles. The molecule has 7 heteroatoms. The van der Waals surface area contributed by atoms with Crippen molar-refractivity contribution in [3.8, 4) is 11.3 Å². The number of rotatable bonds is 2. The Morgan fingerprint density at radius 1 is 1.24 bits per heavy atom. The normalized spacial score (nSPS) is 11.5. The van der Waals surface area contributed by atoms with Crippen LogP contribution in [0.25, 0.3) is 11.3 Å². The lowest BCUT2D eigenvalue weighted by Crippen LogP contribution is -2.23. The van der Waals surface area contributed by atoms with E-state index in [0.29, 0.717) is 0 Å². The van der Waals surface area contributed by atoms with Gasteiger partial charge in [-0.15, -0.1) is 0 Å². The molecule has 0 saturated carbocycles. The predicted molar refractivity (Wildman–Crippen MR) is 77.0 cm³/mol. The third kappa shape index (κ3) is 3.55. The van der Waals surface area contributed by atoms with E-state index in [1.807, 2.05) is 0 Å². The summed E-state index contributed by atoms with van der Waals surface area (Å²) in [4.78, 5) is 12.1. The lowest BCUT2D eigenvalue weighted by Gasteiger charge is -2.18. The Morgan fingerprint density at radius 2 is 1.81 bits per heavy atom. The molecule has 0 amide bonds. The van der Waals surface area contributed by atoms with E-state index in [1.165, 1.54) is 0 Å². The first kappa shape index (κ1) is 15.4. The van der Waals surface area contributed by atoms with E-state index < -0.39 is 23.2 Å². The van der Waals surface area contributed by atoms with Gasteiger partial charge in [-0.05, 0) is 44.4 Å². The number of esters is 1. The van der Waals surface area contributed by atoms with Crippen LogP contribution in [0, 0.1) is 11.6 Å². The molecule has 0 spiro atoms. The quantitative estimate of drug-likeness (QED) is 0.860. The van der Waals surface area contributed by atoms with Crippen LogP contribution in [0.5, 0.6) is 0 Å². The van der Waals surface area contributed by atoms with Crippen molar-refractivity contribution in [3.63, 3.8) is 0 Å². The van der Waals surface area contributed by atoms with Gasteiger partial charge in [0.15, 0.2) is 4.88 Å². The standard InChI is InChI=1S/C14H14F2N2O2S/c1-14(2,3)20-13(19)12-10(17)11(18-21-12)7-4-8(15)6-9(16)5-7/h4-6H,17H2,1-3H3. The van der Waals surface area contributed by atoms with Crippen LogP contribution in [0.15, 0.2) is 18.2 Å². The van der Waals surface area contributed by atoms with Gasteiger partial charge in [-0.25, -0.2) is 13.6 Å². The number of nitrogen functional groups attached to an aromatic ring is 1. The van der Waals surface area contributed by atoms with E-state index in [0.717, 1.165) is 29.7 Å². The number of nitrogens with two attached hydrogens (primary N) is 1. The summed E-state index contributed by atoms with van der Waals surface area (Å²) in [6.45, 7) is 5.18. The Hall–Kier alpha value is -2.02. The summed E-state index contributed by atoms with van der Waals surface area (Å²) >= 11 is 0.837. The van der Waals surface area contributed by atoms with Crippen molar-refractivity contribution in [2.45, 2.75) is 26.4 Å². The molecule has 2 aromatic rings. The van der Waals surface area contributed by atoms with Crippen molar-refractivity contribution >= 4 is 23.2 Å². The van der Waals surface area contributed by atoms with Gasteiger partial charge in [0.25, 0.3) is 0 Å².